The first-order valence-electron chi connectivity index (χ1n) is 6.36. The van der Waals surface area contributed by atoms with Crippen molar-refractivity contribution < 1.29 is 8.42 Å². The maximum Gasteiger partial charge on any atom is 0.244 e. The molecule has 2 rings (SSSR count). The molecule has 100 valence electrons. The number of sulfonamides is 1. The Bertz CT molecular complexity index is 496. The van der Waals surface area contributed by atoms with Crippen LogP contribution < -0.4 is 5.73 Å². The Kier molecular flexibility index (Phi) is 4.04. The third kappa shape index (κ3) is 2.74. The van der Waals surface area contributed by atoms with Crippen LogP contribution in [0.25, 0.3) is 0 Å². The van der Waals surface area contributed by atoms with Crippen LogP contribution in [-0.4, -0.2) is 25.4 Å². The minimum atomic E-state index is -3.44. The Morgan fingerprint density at radius 3 is 2.50 bits per heavy atom. The summed E-state index contributed by atoms with van der Waals surface area (Å²) in [5.74, 6) is 0. The molecule has 1 aliphatic heterocycles. The molecule has 1 saturated heterocycles. The second kappa shape index (κ2) is 5.38. The Morgan fingerprint density at radius 1 is 1.17 bits per heavy atom. The molecule has 0 radical (unpaired) electrons. The van der Waals surface area contributed by atoms with E-state index in [1.54, 1.807) is 12.1 Å². The van der Waals surface area contributed by atoms with Gasteiger partial charge in [0.15, 0.2) is 0 Å². The number of nitrogens with two attached hydrogens (primary N) is 1. The SMILES string of the molecule is Cc1ccc(S(=O)(=O)N2CCCCCC2N)cc1. The average molecular weight is 268 g/mol. The monoisotopic (exact) mass is 268 g/mol. The Morgan fingerprint density at radius 2 is 1.83 bits per heavy atom. The van der Waals surface area contributed by atoms with Crippen LogP contribution in [0.3, 0.4) is 0 Å². The lowest BCUT2D eigenvalue weighted by Gasteiger charge is -2.26. The van der Waals surface area contributed by atoms with Crippen molar-refractivity contribution in [3.05, 3.63) is 29.8 Å². The van der Waals surface area contributed by atoms with Gasteiger partial charge in [-0.25, -0.2) is 8.42 Å². The molecule has 0 saturated carbocycles. The molecule has 1 aromatic rings. The molecule has 0 aromatic heterocycles. The van der Waals surface area contributed by atoms with Crippen LogP contribution in [0.15, 0.2) is 29.2 Å². The minimum absolute atomic E-state index is 0.338. The number of hydrogen-bond acceptors (Lipinski definition) is 3. The van der Waals surface area contributed by atoms with Crippen molar-refractivity contribution in [2.75, 3.05) is 6.54 Å². The third-order valence-corrected chi connectivity index (χ3v) is 5.31. The number of rotatable bonds is 2. The summed E-state index contributed by atoms with van der Waals surface area (Å²) in [7, 11) is -3.44. The van der Waals surface area contributed by atoms with Crippen molar-refractivity contribution in [2.45, 2.75) is 43.7 Å². The van der Waals surface area contributed by atoms with E-state index in [-0.39, 0.29) is 6.17 Å². The largest absolute Gasteiger partial charge is 0.315 e. The number of aryl methyl sites for hydroxylation is 1. The molecular weight excluding hydrogens is 248 g/mol. The van der Waals surface area contributed by atoms with Crippen molar-refractivity contribution in [2.24, 2.45) is 5.73 Å². The van der Waals surface area contributed by atoms with Crippen LogP contribution in [0.4, 0.5) is 0 Å². The van der Waals surface area contributed by atoms with Crippen LogP contribution in [0.1, 0.15) is 31.2 Å². The molecule has 5 heteroatoms. The van der Waals surface area contributed by atoms with E-state index in [9.17, 15) is 8.42 Å². The van der Waals surface area contributed by atoms with Crippen LogP contribution in [0, 0.1) is 6.92 Å². The molecule has 0 aliphatic carbocycles. The third-order valence-electron chi connectivity index (χ3n) is 3.38. The van der Waals surface area contributed by atoms with Crippen molar-refractivity contribution >= 4 is 10.0 Å². The highest BCUT2D eigenvalue weighted by molar-refractivity contribution is 7.89. The molecule has 1 aliphatic rings. The standard InChI is InChI=1S/C13H20N2O2S/c1-11-6-8-12(9-7-11)18(16,17)15-10-4-2-3-5-13(15)14/h6-9,13H,2-5,10,14H2,1H3. The lowest BCUT2D eigenvalue weighted by Crippen LogP contribution is -2.45. The molecular formula is C13H20N2O2S. The molecule has 18 heavy (non-hydrogen) atoms. The first-order chi connectivity index (χ1) is 8.51. The molecule has 0 amide bonds. The highest BCUT2D eigenvalue weighted by atomic mass is 32.2. The Balaban J connectivity index is 2.31. The lowest BCUT2D eigenvalue weighted by molar-refractivity contribution is 0.329. The van der Waals surface area contributed by atoms with E-state index in [4.69, 9.17) is 5.73 Å². The maximum absolute atomic E-state index is 12.5. The first-order valence-corrected chi connectivity index (χ1v) is 7.80. The van der Waals surface area contributed by atoms with Gasteiger partial charge in [0.1, 0.15) is 0 Å². The molecule has 4 nitrogen and oxygen atoms in total. The summed E-state index contributed by atoms with van der Waals surface area (Å²) < 4.78 is 26.5. The van der Waals surface area contributed by atoms with Crippen molar-refractivity contribution in [3.63, 3.8) is 0 Å². The predicted octanol–water partition coefficient (Wildman–Crippen LogP) is 1.84. The minimum Gasteiger partial charge on any atom is -0.315 e. The van der Waals surface area contributed by atoms with Crippen molar-refractivity contribution in [3.8, 4) is 0 Å². The summed E-state index contributed by atoms with van der Waals surface area (Å²) in [5, 5.41) is 0. The van der Waals surface area contributed by atoms with E-state index in [0.717, 1.165) is 31.2 Å². The van der Waals surface area contributed by atoms with Crippen LogP contribution >= 0.6 is 0 Å². The second-order valence-electron chi connectivity index (χ2n) is 4.85. The zero-order valence-corrected chi connectivity index (χ0v) is 11.5. The molecule has 1 unspecified atom stereocenters. The van der Waals surface area contributed by atoms with Gasteiger partial charge in [0, 0.05) is 6.54 Å². The summed E-state index contributed by atoms with van der Waals surface area (Å²) >= 11 is 0. The van der Waals surface area contributed by atoms with Gasteiger partial charge in [-0.05, 0) is 31.9 Å². The number of nitrogens with zero attached hydrogens (tertiary/aromatic N) is 1. The smallest absolute Gasteiger partial charge is 0.244 e. The van der Waals surface area contributed by atoms with Gasteiger partial charge in [-0.2, -0.15) is 4.31 Å². The highest BCUT2D eigenvalue weighted by Crippen LogP contribution is 2.22. The zero-order valence-electron chi connectivity index (χ0n) is 10.7. The topological polar surface area (TPSA) is 63.4 Å². The number of hydrogen-bond donors (Lipinski definition) is 1. The molecule has 0 bridgehead atoms. The first kappa shape index (κ1) is 13.5. The van der Waals surface area contributed by atoms with E-state index >= 15 is 0 Å². The summed E-state index contributed by atoms with van der Waals surface area (Å²) in [6.45, 7) is 2.46. The van der Waals surface area contributed by atoms with Gasteiger partial charge in [-0.15, -0.1) is 0 Å². The molecule has 1 aromatic carbocycles. The van der Waals surface area contributed by atoms with Gasteiger partial charge in [0.2, 0.25) is 10.0 Å². The molecule has 2 N–H and O–H groups in total. The quantitative estimate of drug-likeness (QED) is 0.890. The van der Waals surface area contributed by atoms with Gasteiger partial charge in [0.25, 0.3) is 0 Å². The van der Waals surface area contributed by atoms with Gasteiger partial charge >= 0.3 is 0 Å². The molecule has 0 spiro atoms. The van der Waals surface area contributed by atoms with Gasteiger partial charge < -0.3 is 5.73 Å². The Labute approximate surface area is 109 Å². The van der Waals surface area contributed by atoms with E-state index in [1.165, 1.54) is 4.31 Å². The van der Waals surface area contributed by atoms with Crippen molar-refractivity contribution in [1.82, 2.24) is 4.31 Å². The van der Waals surface area contributed by atoms with Gasteiger partial charge in [0.05, 0.1) is 11.1 Å². The van der Waals surface area contributed by atoms with E-state index in [0.29, 0.717) is 11.4 Å². The Hall–Kier alpha value is -0.910. The fourth-order valence-electron chi connectivity index (χ4n) is 2.25. The normalized spacial score (nSPS) is 22.7. The second-order valence-corrected chi connectivity index (χ2v) is 6.74. The van der Waals surface area contributed by atoms with Crippen molar-refractivity contribution in [1.29, 1.82) is 0 Å². The van der Waals surface area contributed by atoms with E-state index < -0.39 is 10.0 Å². The summed E-state index contributed by atoms with van der Waals surface area (Å²) in [4.78, 5) is 0.338. The summed E-state index contributed by atoms with van der Waals surface area (Å²) in [6.07, 6.45) is 3.29. The highest BCUT2D eigenvalue weighted by Gasteiger charge is 2.30. The van der Waals surface area contributed by atoms with Crippen LogP contribution in [0.5, 0.6) is 0 Å². The van der Waals surface area contributed by atoms with Gasteiger partial charge in [-0.3, -0.25) is 0 Å². The van der Waals surface area contributed by atoms with E-state index in [2.05, 4.69) is 0 Å². The fourth-order valence-corrected chi connectivity index (χ4v) is 3.83. The lowest BCUT2D eigenvalue weighted by atomic mass is 10.2. The summed E-state index contributed by atoms with van der Waals surface area (Å²) in [6, 6.07) is 6.94. The predicted molar refractivity (Wildman–Crippen MR) is 71.5 cm³/mol. The zero-order chi connectivity index (χ0) is 13.2. The van der Waals surface area contributed by atoms with Crippen LogP contribution in [0.2, 0.25) is 0 Å². The van der Waals surface area contributed by atoms with Crippen LogP contribution in [-0.2, 0) is 10.0 Å². The maximum atomic E-state index is 12.5. The van der Waals surface area contributed by atoms with Gasteiger partial charge in [-0.1, -0.05) is 30.5 Å². The molecule has 1 fully saturated rings. The van der Waals surface area contributed by atoms with E-state index in [1.807, 2.05) is 19.1 Å². The molecule has 1 atom stereocenters. The fraction of sp³-hybridized carbons (Fsp3) is 0.538. The number of benzene rings is 1. The molecule has 1 heterocycles. The average Bonchev–Trinajstić information content (AvgIpc) is 2.55. The summed E-state index contributed by atoms with van der Waals surface area (Å²) in [5.41, 5.74) is 7.03.